The van der Waals surface area contributed by atoms with Crippen LogP contribution in [0.2, 0.25) is 0 Å². The standard InChI is InChI=1S/C20H16S2/c1-3-5-13-7-9-15-17(11-13)21-20-16-10-8-14(6-4-2)12-18(16)22-19(15)20/h3-12H,1-2H3. The molecule has 0 radical (unpaired) electrons. The second kappa shape index (κ2) is 5.38. The molecule has 2 aromatic carbocycles. The molecule has 0 saturated heterocycles. The predicted molar refractivity (Wildman–Crippen MR) is 104 cm³/mol. The molecule has 2 heteroatoms. The van der Waals surface area contributed by atoms with E-state index < -0.39 is 0 Å². The summed E-state index contributed by atoms with van der Waals surface area (Å²) in [6, 6.07) is 13.6. The molecule has 0 aliphatic carbocycles. The van der Waals surface area contributed by atoms with Crippen molar-refractivity contribution in [1.29, 1.82) is 0 Å². The third-order valence-electron chi connectivity index (χ3n) is 3.85. The molecule has 2 aromatic heterocycles. The quantitative estimate of drug-likeness (QED) is 0.362. The molecule has 4 aromatic rings. The number of benzene rings is 2. The van der Waals surface area contributed by atoms with Crippen LogP contribution in [-0.4, -0.2) is 0 Å². The lowest BCUT2D eigenvalue weighted by atomic mass is 10.1. The fourth-order valence-electron chi connectivity index (χ4n) is 2.88. The average molecular weight is 320 g/mol. The largest absolute Gasteiger partial charge is 0.134 e. The zero-order valence-electron chi connectivity index (χ0n) is 12.6. The van der Waals surface area contributed by atoms with Gasteiger partial charge in [-0.25, -0.2) is 0 Å². The molecule has 2 heterocycles. The normalized spacial score (nSPS) is 12.6. The van der Waals surface area contributed by atoms with Crippen LogP contribution in [0.25, 0.3) is 41.7 Å². The summed E-state index contributed by atoms with van der Waals surface area (Å²) in [5, 5.41) is 2.78. The number of hydrogen-bond acceptors (Lipinski definition) is 2. The van der Waals surface area contributed by atoms with Crippen molar-refractivity contribution in [3.05, 3.63) is 59.7 Å². The van der Waals surface area contributed by atoms with Gasteiger partial charge in [0.2, 0.25) is 0 Å². The van der Waals surface area contributed by atoms with Crippen LogP contribution in [0.4, 0.5) is 0 Å². The van der Waals surface area contributed by atoms with Gasteiger partial charge in [0.1, 0.15) is 0 Å². The maximum absolute atomic E-state index is 2.30. The first-order valence-corrected chi connectivity index (χ1v) is 9.07. The summed E-state index contributed by atoms with van der Waals surface area (Å²) in [6.07, 6.45) is 8.51. The van der Waals surface area contributed by atoms with Gasteiger partial charge in [0, 0.05) is 20.2 Å². The summed E-state index contributed by atoms with van der Waals surface area (Å²) in [5.74, 6) is 0. The summed E-state index contributed by atoms with van der Waals surface area (Å²) < 4.78 is 5.63. The van der Waals surface area contributed by atoms with Crippen LogP contribution in [0.15, 0.2) is 48.6 Å². The first kappa shape index (κ1) is 13.7. The van der Waals surface area contributed by atoms with Gasteiger partial charge in [-0.3, -0.25) is 0 Å². The summed E-state index contributed by atoms with van der Waals surface area (Å²) in [5.41, 5.74) is 2.56. The Morgan fingerprint density at radius 2 is 1.14 bits per heavy atom. The Bertz CT molecular complexity index is 956. The Kier molecular flexibility index (Phi) is 3.36. The Morgan fingerprint density at radius 3 is 1.55 bits per heavy atom. The molecule has 0 atom stereocenters. The van der Waals surface area contributed by atoms with E-state index in [1.807, 2.05) is 22.7 Å². The molecule has 22 heavy (non-hydrogen) atoms. The molecule has 4 rings (SSSR count). The van der Waals surface area contributed by atoms with Crippen molar-refractivity contribution >= 4 is 64.4 Å². The fraction of sp³-hybridized carbons (Fsp3) is 0.100. The highest BCUT2D eigenvalue weighted by Gasteiger charge is 2.12. The molecule has 0 aliphatic heterocycles. The van der Waals surface area contributed by atoms with Gasteiger partial charge in [-0.15, -0.1) is 22.7 Å². The average Bonchev–Trinajstić information content (AvgIpc) is 3.03. The minimum atomic E-state index is 1.28. The number of rotatable bonds is 2. The van der Waals surface area contributed by atoms with E-state index in [4.69, 9.17) is 0 Å². The Hall–Kier alpha value is -1.90. The molecule has 0 saturated carbocycles. The van der Waals surface area contributed by atoms with Crippen LogP contribution < -0.4 is 0 Å². The third kappa shape index (κ3) is 2.11. The highest BCUT2D eigenvalue weighted by Crippen LogP contribution is 2.44. The third-order valence-corrected chi connectivity index (χ3v) is 6.35. The van der Waals surface area contributed by atoms with E-state index in [2.05, 4.69) is 74.5 Å². The topological polar surface area (TPSA) is 0 Å². The summed E-state index contributed by atoms with van der Waals surface area (Å²) in [7, 11) is 0. The molecular formula is C20H16S2. The maximum atomic E-state index is 2.30. The summed E-state index contributed by atoms with van der Waals surface area (Å²) in [6.45, 7) is 4.13. The number of hydrogen-bond donors (Lipinski definition) is 0. The smallest absolute Gasteiger partial charge is 0.0542 e. The van der Waals surface area contributed by atoms with Crippen molar-refractivity contribution in [2.24, 2.45) is 0 Å². The summed E-state index contributed by atoms with van der Waals surface area (Å²) in [4.78, 5) is 0. The molecule has 0 spiro atoms. The molecular weight excluding hydrogens is 304 g/mol. The van der Waals surface area contributed by atoms with E-state index in [-0.39, 0.29) is 0 Å². The van der Waals surface area contributed by atoms with Crippen LogP contribution in [0.5, 0.6) is 0 Å². The van der Waals surface area contributed by atoms with Crippen LogP contribution in [-0.2, 0) is 0 Å². The highest BCUT2D eigenvalue weighted by molar-refractivity contribution is 7.36. The van der Waals surface area contributed by atoms with Crippen LogP contribution in [0, 0.1) is 0 Å². The maximum Gasteiger partial charge on any atom is 0.0542 e. The Labute approximate surface area is 138 Å². The first-order chi connectivity index (χ1) is 10.8. The van der Waals surface area contributed by atoms with Crippen molar-refractivity contribution in [2.45, 2.75) is 13.8 Å². The van der Waals surface area contributed by atoms with Gasteiger partial charge in [-0.1, -0.05) is 48.6 Å². The lowest BCUT2D eigenvalue weighted by Crippen LogP contribution is -1.70. The van der Waals surface area contributed by atoms with Gasteiger partial charge >= 0.3 is 0 Å². The molecule has 0 N–H and O–H groups in total. The van der Waals surface area contributed by atoms with E-state index in [1.54, 1.807) is 0 Å². The molecule has 0 amide bonds. The minimum absolute atomic E-state index is 1.28. The van der Waals surface area contributed by atoms with Crippen molar-refractivity contribution in [3.8, 4) is 0 Å². The van der Waals surface area contributed by atoms with Crippen molar-refractivity contribution in [3.63, 3.8) is 0 Å². The zero-order valence-corrected chi connectivity index (χ0v) is 14.2. The molecule has 0 nitrogen and oxygen atoms in total. The molecule has 0 unspecified atom stereocenters. The molecule has 108 valence electrons. The highest BCUT2D eigenvalue weighted by atomic mass is 32.1. The number of allylic oxidation sites excluding steroid dienone is 2. The van der Waals surface area contributed by atoms with E-state index in [0.717, 1.165) is 0 Å². The van der Waals surface area contributed by atoms with Gasteiger partial charge < -0.3 is 0 Å². The van der Waals surface area contributed by atoms with Crippen LogP contribution in [0.1, 0.15) is 25.0 Å². The lowest BCUT2D eigenvalue weighted by molar-refractivity contribution is 1.72. The van der Waals surface area contributed by atoms with Gasteiger partial charge in [-0.05, 0) is 37.1 Å². The molecule has 0 bridgehead atoms. The Morgan fingerprint density at radius 1 is 0.682 bits per heavy atom. The molecule has 0 fully saturated rings. The fourth-order valence-corrected chi connectivity index (χ4v) is 5.63. The second-order valence-corrected chi connectivity index (χ2v) is 7.48. The van der Waals surface area contributed by atoms with E-state index >= 15 is 0 Å². The first-order valence-electron chi connectivity index (χ1n) is 7.44. The zero-order chi connectivity index (χ0) is 15.1. The minimum Gasteiger partial charge on any atom is -0.134 e. The van der Waals surface area contributed by atoms with E-state index in [0.29, 0.717) is 0 Å². The van der Waals surface area contributed by atoms with Crippen molar-refractivity contribution in [1.82, 2.24) is 0 Å². The Balaban J connectivity index is 2.00. The number of fused-ring (bicyclic) bond motifs is 5. The van der Waals surface area contributed by atoms with E-state index in [1.165, 1.54) is 40.7 Å². The van der Waals surface area contributed by atoms with Crippen molar-refractivity contribution < 1.29 is 0 Å². The second-order valence-electron chi connectivity index (χ2n) is 5.37. The predicted octanol–water partition coefficient (Wildman–Crippen LogP) is 7.34. The van der Waals surface area contributed by atoms with Crippen LogP contribution >= 0.6 is 22.7 Å². The van der Waals surface area contributed by atoms with Crippen LogP contribution in [0.3, 0.4) is 0 Å². The number of thiophene rings is 2. The lowest BCUT2D eigenvalue weighted by Gasteiger charge is -1.95. The van der Waals surface area contributed by atoms with Gasteiger partial charge in [0.25, 0.3) is 0 Å². The van der Waals surface area contributed by atoms with Gasteiger partial charge in [0.15, 0.2) is 0 Å². The van der Waals surface area contributed by atoms with E-state index in [9.17, 15) is 0 Å². The van der Waals surface area contributed by atoms with Gasteiger partial charge in [-0.2, -0.15) is 0 Å². The van der Waals surface area contributed by atoms with Crippen molar-refractivity contribution in [2.75, 3.05) is 0 Å². The SMILES string of the molecule is CC=Cc1ccc2c(c1)sc1c3ccc(C=CC)cc3sc21. The monoisotopic (exact) mass is 320 g/mol. The van der Waals surface area contributed by atoms with Gasteiger partial charge in [0.05, 0.1) is 9.40 Å². The summed E-state index contributed by atoms with van der Waals surface area (Å²) >= 11 is 3.83. The molecule has 0 aliphatic rings.